The van der Waals surface area contributed by atoms with Gasteiger partial charge >= 0.3 is 0 Å². The van der Waals surface area contributed by atoms with Gasteiger partial charge in [0.15, 0.2) is 5.65 Å². The van der Waals surface area contributed by atoms with E-state index >= 15 is 8.78 Å². The molecule has 4 N–H and O–H groups in total. The van der Waals surface area contributed by atoms with Crippen LogP contribution in [-0.2, 0) is 6.54 Å². The molecule has 1 aliphatic rings. The molecule has 0 spiro atoms. The summed E-state index contributed by atoms with van der Waals surface area (Å²) < 4.78 is 45.8. The monoisotopic (exact) mass is 530 g/mol. The first kappa shape index (κ1) is 24.4. The number of nitrogens with two attached hydrogens (primary N) is 1. The van der Waals surface area contributed by atoms with Crippen molar-refractivity contribution in [2.45, 2.75) is 12.6 Å². The number of aliphatic hydroxyl groups excluding tert-OH is 1. The lowest BCUT2D eigenvalue weighted by molar-refractivity contribution is 0.259. The molecule has 3 heterocycles. The maximum Gasteiger partial charge on any atom is 0.164 e. The second kappa shape index (κ2) is 9.44. The number of rotatable bonds is 5. The molecule has 39 heavy (non-hydrogen) atoms. The van der Waals surface area contributed by atoms with E-state index in [1.807, 2.05) is 0 Å². The number of phenols is 1. The fourth-order valence-corrected chi connectivity index (χ4v) is 5.08. The highest BCUT2D eigenvalue weighted by Gasteiger charge is 2.33. The van der Waals surface area contributed by atoms with Gasteiger partial charge in [-0.2, -0.15) is 5.10 Å². The first-order valence-corrected chi connectivity index (χ1v) is 12.0. The van der Waals surface area contributed by atoms with E-state index in [9.17, 15) is 14.6 Å². The molecule has 0 bridgehead atoms. The summed E-state index contributed by atoms with van der Waals surface area (Å²) in [6.45, 7) is -0.503. The number of fused-ring (bicyclic) bond motifs is 2. The maximum atomic E-state index is 15.1. The van der Waals surface area contributed by atoms with E-state index in [4.69, 9.17) is 5.73 Å². The second-order valence-corrected chi connectivity index (χ2v) is 9.06. The number of para-hydroxylation sites is 1. The average molecular weight is 531 g/mol. The summed E-state index contributed by atoms with van der Waals surface area (Å²) in [5, 5.41) is 25.4. The molecular weight excluding hydrogens is 509 g/mol. The first-order valence-electron chi connectivity index (χ1n) is 12.0. The number of hydrogen-bond donors (Lipinski definition) is 3. The molecule has 6 rings (SSSR count). The van der Waals surface area contributed by atoms with Crippen LogP contribution in [0.1, 0.15) is 17.2 Å². The molecule has 8 nitrogen and oxygen atoms in total. The van der Waals surface area contributed by atoms with Gasteiger partial charge in [-0.1, -0.05) is 24.3 Å². The largest absolute Gasteiger partial charge is 0.508 e. The summed E-state index contributed by atoms with van der Waals surface area (Å²) in [5.74, 6) is -1.97. The highest BCUT2D eigenvalue weighted by atomic mass is 19.1. The Morgan fingerprint density at radius 2 is 1.74 bits per heavy atom. The summed E-state index contributed by atoms with van der Waals surface area (Å²) in [7, 11) is 0. The lowest BCUT2D eigenvalue weighted by Crippen LogP contribution is -2.36. The minimum Gasteiger partial charge on any atom is -0.508 e. The van der Waals surface area contributed by atoms with Crippen molar-refractivity contribution >= 4 is 28.6 Å². The molecule has 2 aromatic heterocycles. The number of nitrogen functional groups attached to an aromatic ring is 1. The van der Waals surface area contributed by atoms with E-state index in [-0.39, 0.29) is 40.6 Å². The number of aromatic hydroxyl groups is 1. The van der Waals surface area contributed by atoms with Crippen LogP contribution in [0, 0.1) is 17.5 Å². The van der Waals surface area contributed by atoms with Crippen LogP contribution in [0.3, 0.4) is 0 Å². The molecule has 0 radical (unpaired) electrons. The molecule has 0 saturated carbocycles. The molecular formula is C28H21F3N6O2. The Hall–Kier alpha value is -4.90. The third kappa shape index (κ3) is 4.12. The number of aromatic nitrogens is 4. The highest BCUT2D eigenvalue weighted by molar-refractivity contribution is 5.98. The lowest BCUT2D eigenvalue weighted by atomic mass is 9.92. The fourth-order valence-electron chi connectivity index (χ4n) is 5.08. The van der Waals surface area contributed by atoms with Crippen LogP contribution in [0.15, 0.2) is 72.7 Å². The Kier molecular flexibility index (Phi) is 5.92. The topological polar surface area (TPSA) is 113 Å². The number of allylic oxidation sites excluding steroid dienone is 1. The molecule has 5 aromatic rings. The van der Waals surface area contributed by atoms with Gasteiger partial charge in [0.1, 0.15) is 41.0 Å². The average Bonchev–Trinajstić information content (AvgIpc) is 3.28. The van der Waals surface area contributed by atoms with E-state index in [1.165, 1.54) is 46.2 Å². The van der Waals surface area contributed by atoms with E-state index in [0.29, 0.717) is 22.3 Å². The smallest absolute Gasteiger partial charge is 0.164 e. The number of anilines is 2. The van der Waals surface area contributed by atoms with E-state index in [2.05, 4.69) is 15.1 Å². The van der Waals surface area contributed by atoms with Crippen LogP contribution in [0.2, 0.25) is 0 Å². The van der Waals surface area contributed by atoms with Gasteiger partial charge in [0, 0.05) is 22.9 Å². The number of nitrogens with zero attached hydrogens (tertiary/aromatic N) is 5. The summed E-state index contributed by atoms with van der Waals surface area (Å²) in [4.78, 5) is 9.91. The van der Waals surface area contributed by atoms with E-state index in [0.717, 1.165) is 6.07 Å². The summed E-state index contributed by atoms with van der Waals surface area (Å²) in [6, 6.07) is 13.1. The third-order valence-corrected chi connectivity index (χ3v) is 6.67. The molecule has 0 saturated heterocycles. The Labute approximate surface area is 220 Å². The number of hydrogen-bond acceptors (Lipinski definition) is 7. The van der Waals surface area contributed by atoms with Crippen molar-refractivity contribution in [3.8, 4) is 17.0 Å². The van der Waals surface area contributed by atoms with Crippen LogP contribution in [0.4, 0.5) is 24.7 Å². The standard InChI is InChI=1S/C28H21F3N6O2/c29-17-8-16(10-19(39)11-17)26-25-27(32)33-14-34-28(25)36(35-26)12-18-9-15-4-3-6-21(31)24(15)23(13-38)37(18)22-7-2-1-5-20(22)30/h1-11,14,23,38-39H,12-13H2,(H2,32,33,34). The zero-order valence-electron chi connectivity index (χ0n) is 20.3. The van der Waals surface area contributed by atoms with Gasteiger partial charge in [-0.3, -0.25) is 0 Å². The molecule has 0 amide bonds. The normalized spacial score (nSPS) is 14.9. The zero-order chi connectivity index (χ0) is 27.3. The van der Waals surface area contributed by atoms with Gasteiger partial charge in [0.2, 0.25) is 0 Å². The van der Waals surface area contributed by atoms with Crippen LogP contribution in [-0.4, -0.2) is 36.6 Å². The van der Waals surface area contributed by atoms with Gasteiger partial charge in [0.25, 0.3) is 0 Å². The van der Waals surface area contributed by atoms with Crippen molar-refractivity contribution < 1.29 is 23.4 Å². The van der Waals surface area contributed by atoms with Crippen molar-refractivity contribution in [2.24, 2.45) is 0 Å². The summed E-state index contributed by atoms with van der Waals surface area (Å²) in [6.07, 6.45) is 2.95. The first-order chi connectivity index (χ1) is 18.9. The lowest BCUT2D eigenvalue weighted by Gasteiger charge is -2.39. The predicted molar refractivity (Wildman–Crippen MR) is 140 cm³/mol. The molecule has 1 atom stereocenters. The molecule has 196 valence electrons. The van der Waals surface area contributed by atoms with Crippen molar-refractivity contribution in [2.75, 3.05) is 17.2 Å². The fraction of sp³-hybridized carbons (Fsp3) is 0.107. The number of halogens is 3. The van der Waals surface area contributed by atoms with Gasteiger partial charge in [0.05, 0.1) is 30.3 Å². The maximum absolute atomic E-state index is 15.1. The minimum absolute atomic E-state index is 0.00492. The Morgan fingerprint density at radius 3 is 2.51 bits per heavy atom. The third-order valence-electron chi connectivity index (χ3n) is 6.67. The molecule has 1 aliphatic heterocycles. The molecule has 3 aromatic carbocycles. The number of benzene rings is 3. The van der Waals surface area contributed by atoms with E-state index < -0.39 is 30.1 Å². The molecule has 1 unspecified atom stereocenters. The van der Waals surface area contributed by atoms with Gasteiger partial charge in [-0.05, 0) is 42.0 Å². The van der Waals surface area contributed by atoms with Crippen molar-refractivity contribution in [1.29, 1.82) is 0 Å². The zero-order valence-corrected chi connectivity index (χ0v) is 20.3. The van der Waals surface area contributed by atoms with E-state index in [1.54, 1.807) is 30.3 Å². The second-order valence-electron chi connectivity index (χ2n) is 9.06. The highest BCUT2D eigenvalue weighted by Crippen LogP contribution is 2.41. The van der Waals surface area contributed by atoms with Crippen LogP contribution < -0.4 is 10.6 Å². The Morgan fingerprint density at radius 1 is 0.949 bits per heavy atom. The quantitative estimate of drug-likeness (QED) is 0.299. The molecule has 0 fully saturated rings. The van der Waals surface area contributed by atoms with Crippen molar-refractivity contribution in [3.05, 3.63) is 101 Å². The van der Waals surface area contributed by atoms with Gasteiger partial charge in [-0.25, -0.2) is 27.8 Å². The van der Waals surface area contributed by atoms with Crippen LogP contribution >= 0.6 is 0 Å². The van der Waals surface area contributed by atoms with Gasteiger partial charge < -0.3 is 20.8 Å². The number of aliphatic hydroxyl groups is 1. The predicted octanol–water partition coefficient (Wildman–Crippen LogP) is 4.79. The van der Waals surface area contributed by atoms with Crippen molar-refractivity contribution in [3.63, 3.8) is 0 Å². The molecule has 0 aliphatic carbocycles. The minimum atomic E-state index is -0.931. The van der Waals surface area contributed by atoms with Gasteiger partial charge in [-0.15, -0.1) is 0 Å². The summed E-state index contributed by atoms with van der Waals surface area (Å²) in [5.41, 5.74) is 8.34. The Bertz CT molecular complexity index is 1750. The summed E-state index contributed by atoms with van der Waals surface area (Å²) >= 11 is 0. The van der Waals surface area contributed by atoms with Crippen molar-refractivity contribution in [1.82, 2.24) is 19.7 Å². The number of phenolic OH excluding ortho intramolecular Hbond substituents is 1. The van der Waals surface area contributed by atoms with Crippen LogP contribution in [0.25, 0.3) is 28.4 Å². The van der Waals surface area contributed by atoms with Crippen LogP contribution in [0.5, 0.6) is 5.75 Å². The Balaban J connectivity index is 1.56. The molecule has 11 heteroatoms. The SMILES string of the molecule is Nc1ncnc2c1c(-c1cc(O)cc(F)c1)nn2CC1=Cc2cccc(F)c2C(CO)N1c1ccccc1F.